The Kier molecular flexibility index (Phi) is 7.41. The molecule has 0 fully saturated rings. The molecule has 0 aromatic heterocycles. The Labute approximate surface area is 209 Å². The molecule has 184 valence electrons. The molecular weight excluding hydrogens is 480 g/mol. The monoisotopic (exact) mass is 504 g/mol. The van der Waals surface area contributed by atoms with Crippen molar-refractivity contribution in [2.75, 3.05) is 24.3 Å². The molecule has 9 heteroatoms. The predicted octanol–water partition coefficient (Wildman–Crippen LogP) is 5.55. The first kappa shape index (κ1) is 24.6. The number of amides is 1. The van der Waals surface area contributed by atoms with Gasteiger partial charge in [-0.1, -0.05) is 18.2 Å². The summed E-state index contributed by atoms with van der Waals surface area (Å²) in [6.07, 6.45) is 0. The molecule has 0 saturated carbocycles. The smallest absolute Gasteiger partial charge is 0.262 e. The summed E-state index contributed by atoms with van der Waals surface area (Å²) in [6, 6.07) is 26.7. The molecule has 36 heavy (non-hydrogen) atoms. The second-order valence-electron chi connectivity index (χ2n) is 7.59. The van der Waals surface area contributed by atoms with Crippen LogP contribution in [-0.4, -0.2) is 28.5 Å². The molecule has 0 bridgehead atoms. The largest absolute Gasteiger partial charge is 0.497 e. The molecule has 0 saturated heterocycles. The molecule has 0 heterocycles. The van der Waals surface area contributed by atoms with Gasteiger partial charge in [0.25, 0.3) is 15.9 Å². The number of anilines is 2. The van der Waals surface area contributed by atoms with Gasteiger partial charge in [-0.05, 0) is 72.8 Å². The number of carbonyl (C=O) groups is 1. The number of ether oxygens (including phenoxy) is 3. The summed E-state index contributed by atoms with van der Waals surface area (Å²) in [7, 11) is -0.965. The van der Waals surface area contributed by atoms with Gasteiger partial charge < -0.3 is 19.5 Å². The first-order valence-electron chi connectivity index (χ1n) is 10.9. The lowest BCUT2D eigenvalue weighted by Gasteiger charge is -2.14. The third-order valence-electron chi connectivity index (χ3n) is 5.17. The van der Waals surface area contributed by atoms with Gasteiger partial charge in [-0.3, -0.25) is 9.52 Å². The second kappa shape index (κ2) is 10.8. The lowest BCUT2D eigenvalue weighted by Crippen LogP contribution is -2.15. The van der Waals surface area contributed by atoms with Crippen LogP contribution in [0.3, 0.4) is 0 Å². The highest BCUT2D eigenvalue weighted by atomic mass is 32.2. The van der Waals surface area contributed by atoms with Gasteiger partial charge in [0, 0.05) is 17.3 Å². The van der Waals surface area contributed by atoms with Crippen molar-refractivity contribution in [1.29, 1.82) is 0 Å². The lowest BCUT2D eigenvalue weighted by molar-refractivity contribution is 0.102. The van der Waals surface area contributed by atoms with Crippen LogP contribution in [0.15, 0.2) is 102 Å². The number of sulfonamides is 1. The SMILES string of the molecule is COc1ccc(NS(=O)(=O)c2ccc(NC(=O)c3ccc(Oc4ccccc4)cc3)c(OC)c2)cc1. The standard InChI is InChI=1S/C27H24N2O6S/c1-33-21-14-10-20(11-15-21)29-36(31,32)24-16-17-25(26(18-24)34-2)28-27(30)19-8-12-23(13-9-19)35-22-6-4-3-5-7-22/h3-18,29H,1-2H3,(H,28,30). The van der Waals surface area contributed by atoms with Crippen LogP contribution in [0.2, 0.25) is 0 Å². The molecule has 0 unspecified atom stereocenters. The lowest BCUT2D eigenvalue weighted by atomic mass is 10.2. The second-order valence-corrected chi connectivity index (χ2v) is 9.27. The summed E-state index contributed by atoms with van der Waals surface area (Å²) < 4.78 is 44.4. The third kappa shape index (κ3) is 5.94. The van der Waals surface area contributed by atoms with Gasteiger partial charge >= 0.3 is 0 Å². The fourth-order valence-corrected chi connectivity index (χ4v) is 4.38. The Morgan fingerprint density at radius 1 is 0.722 bits per heavy atom. The molecule has 0 aliphatic heterocycles. The normalized spacial score (nSPS) is 10.8. The Morgan fingerprint density at radius 3 is 2.00 bits per heavy atom. The van der Waals surface area contributed by atoms with E-state index < -0.39 is 10.0 Å². The molecule has 0 atom stereocenters. The van der Waals surface area contributed by atoms with Crippen molar-refractivity contribution >= 4 is 27.3 Å². The molecule has 0 radical (unpaired) electrons. The number of nitrogens with one attached hydrogen (secondary N) is 2. The molecule has 4 aromatic rings. The van der Waals surface area contributed by atoms with Crippen molar-refractivity contribution in [3.63, 3.8) is 0 Å². The number of para-hydroxylation sites is 1. The van der Waals surface area contributed by atoms with Crippen molar-refractivity contribution in [3.8, 4) is 23.0 Å². The van der Waals surface area contributed by atoms with Crippen LogP contribution in [0.25, 0.3) is 0 Å². The highest BCUT2D eigenvalue weighted by Gasteiger charge is 2.18. The number of benzene rings is 4. The van der Waals surface area contributed by atoms with Crippen molar-refractivity contribution in [2.24, 2.45) is 0 Å². The maximum absolute atomic E-state index is 12.8. The van der Waals surface area contributed by atoms with Crippen LogP contribution in [0.1, 0.15) is 10.4 Å². The third-order valence-corrected chi connectivity index (χ3v) is 6.55. The average Bonchev–Trinajstić information content (AvgIpc) is 2.90. The molecule has 0 aliphatic carbocycles. The summed E-state index contributed by atoms with van der Waals surface area (Å²) in [4.78, 5) is 12.8. The van der Waals surface area contributed by atoms with Crippen molar-refractivity contribution in [1.82, 2.24) is 0 Å². The van der Waals surface area contributed by atoms with Gasteiger partial charge in [0.15, 0.2) is 0 Å². The summed E-state index contributed by atoms with van der Waals surface area (Å²) >= 11 is 0. The summed E-state index contributed by atoms with van der Waals surface area (Å²) in [5, 5.41) is 2.75. The van der Waals surface area contributed by atoms with E-state index in [1.54, 1.807) is 48.5 Å². The van der Waals surface area contributed by atoms with Crippen molar-refractivity contribution in [3.05, 3.63) is 103 Å². The number of rotatable bonds is 9. The van der Waals surface area contributed by atoms with Crippen LogP contribution in [0.5, 0.6) is 23.0 Å². The van der Waals surface area contributed by atoms with E-state index in [4.69, 9.17) is 14.2 Å². The Morgan fingerprint density at radius 2 is 1.36 bits per heavy atom. The first-order valence-corrected chi connectivity index (χ1v) is 12.4. The van der Waals surface area contributed by atoms with Crippen LogP contribution in [-0.2, 0) is 10.0 Å². The van der Waals surface area contributed by atoms with Crippen LogP contribution >= 0.6 is 0 Å². The topological polar surface area (TPSA) is 103 Å². The van der Waals surface area contributed by atoms with E-state index in [1.165, 1.54) is 32.4 Å². The van der Waals surface area contributed by atoms with E-state index in [0.717, 1.165) is 0 Å². The van der Waals surface area contributed by atoms with Crippen molar-refractivity contribution < 1.29 is 27.4 Å². The fourth-order valence-electron chi connectivity index (χ4n) is 3.31. The van der Waals surface area contributed by atoms with E-state index >= 15 is 0 Å². The molecule has 4 aromatic carbocycles. The molecular formula is C27H24N2O6S. The van der Waals surface area contributed by atoms with Gasteiger partial charge in [-0.2, -0.15) is 0 Å². The van der Waals surface area contributed by atoms with Crippen LogP contribution < -0.4 is 24.2 Å². The summed E-state index contributed by atoms with van der Waals surface area (Å²) in [5.41, 5.74) is 1.11. The Balaban J connectivity index is 1.46. The molecule has 4 rings (SSSR count). The van der Waals surface area contributed by atoms with Crippen LogP contribution in [0.4, 0.5) is 11.4 Å². The molecule has 0 spiro atoms. The maximum atomic E-state index is 12.8. The zero-order chi connectivity index (χ0) is 25.5. The fraction of sp³-hybridized carbons (Fsp3) is 0.0741. The van der Waals surface area contributed by atoms with E-state index in [9.17, 15) is 13.2 Å². The van der Waals surface area contributed by atoms with Gasteiger partial charge in [-0.25, -0.2) is 8.42 Å². The molecule has 2 N–H and O–H groups in total. The van der Waals surface area contributed by atoms with Gasteiger partial charge in [0.2, 0.25) is 0 Å². The summed E-state index contributed by atoms with van der Waals surface area (Å²) in [5.74, 6) is 1.71. The minimum absolute atomic E-state index is 0.0180. The first-order chi connectivity index (χ1) is 17.4. The zero-order valence-corrected chi connectivity index (χ0v) is 20.4. The predicted molar refractivity (Wildman–Crippen MR) is 138 cm³/mol. The molecule has 8 nitrogen and oxygen atoms in total. The number of carbonyl (C=O) groups excluding carboxylic acids is 1. The highest BCUT2D eigenvalue weighted by molar-refractivity contribution is 7.92. The Bertz CT molecular complexity index is 1440. The number of methoxy groups -OCH3 is 2. The van der Waals surface area contributed by atoms with E-state index in [0.29, 0.717) is 34.2 Å². The van der Waals surface area contributed by atoms with Gasteiger partial charge in [-0.15, -0.1) is 0 Å². The quantitative estimate of drug-likeness (QED) is 0.310. The molecule has 0 aliphatic rings. The van der Waals surface area contributed by atoms with Crippen molar-refractivity contribution in [2.45, 2.75) is 4.90 Å². The summed E-state index contributed by atoms with van der Waals surface area (Å²) in [6.45, 7) is 0. The van der Waals surface area contributed by atoms with E-state index in [-0.39, 0.29) is 16.6 Å². The minimum Gasteiger partial charge on any atom is -0.497 e. The zero-order valence-electron chi connectivity index (χ0n) is 19.6. The van der Waals surface area contributed by atoms with Crippen LogP contribution in [0, 0.1) is 0 Å². The average molecular weight is 505 g/mol. The number of hydrogen-bond donors (Lipinski definition) is 2. The van der Waals surface area contributed by atoms with E-state index in [2.05, 4.69) is 10.0 Å². The molecule has 1 amide bonds. The van der Waals surface area contributed by atoms with Gasteiger partial charge in [0.05, 0.1) is 24.8 Å². The highest BCUT2D eigenvalue weighted by Crippen LogP contribution is 2.30. The number of hydrogen-bond acceptors (Lipinski definition) is 6. The van der Waals surface area contributed by atoms with Gasteiger partial charge in [0.1, 0.15) is 23.0 Å². The van der Waals surface area contributed by atoms with E-state index in [1.807, 2.05) is 30.3 Å². The maximum Gasteiger partial charge on any atom is 0.262 e. The Hall–Kier alpha value is -4.50. The minimum atomic E-state index is -3.89.